The molecule has 4 rings (SSSR count). The molecule has 0 atom stereocenters. The van der Waals surface area contributed by atoms with E-state index in [1.54, 1.807) is 12.1 Å². The summed E-state index contributed by atoms with van der Waals surface area (Å²) >= 11 is 0. The number of anilines is 2. The van der Waals surface area contributed by atoms with Gasteiger partial charge in [-0.2, -0.15) is 4.68 Å². The van der Waals surface area contributed by atoms with Gasteiger partial charge in [0.2, 0.25) is 12.2 Å². The molecule has 0 aliphatic carbocycles. The number of nitrogens with one attached hydrogen (secondary N) is 2. The Morgan fingerprint density at radius 2 is 1.92 bits per heavy atom. The minimum atomic E-state index is -0.990. The zero-order valence-electron chi connectivity index (χ0n) is 20.5. The monoisotopic (exact) mass is 544 g/mol. The van der Waals surface area contributed by atoms with E-state index in [1.807, 2.05) is 0 Å². The summed E-state index contributed by atoms with van der Waals surface area (Å²) in [6, 6.07) is 6.73. The summed E-state index contributed by atoms with van der Waals surface area (Å²) in [5.74, 6) is -1.77. The van der Waals surface area contributed by atoms with Crippen molar-refractivity contribution in [2.45, 2.75) is 6.54 Å². The Morgan fingerprint density at radius 3 is 2.67 bits per heavy atom. The Hall–Kier alpha value is -4.99. The molecule has 0 bridgehead atoms. The van der Waals surface area contributed by atoms with Gasteiger partial charge in [-0.3, -0.25) is 4.79 Å². The van der Waals surface area contributed by atoms with Crippen LogP contribution in [0.25, 0.3) is 10.9 Å². The van der Waals surface area contributed by atoms with Gasteiger partial charge in [0, 0.05) is 34.8 Å². The molecule has 0 radical (unpaired) electrons. The number of carbonyl (C=O) groups excluding carboxylic acids is 1. The number of rotatable bonds is 13. The number of carbonyl (C=O) groups is 1. The van der Waals surface area contributed by atoms with Crippen LogP contribution in [-0.4, -0.2) is 69.0 Å². The summed E-state index contributed by atoms with van der Waals surface area (Å²) in [7, 11) is 1.47. The number of fused-ring (bicyclic) bond motifs is 1. The van der Waals surface area contributed by atoms with Crippen molar-refractivity contribution in [3.05, 3.63) is 64.7 Å². The average Bonchev–Trinajstić information content (AvgIpc) is 3.38. The summed E-state index contributed by atoms with van der Waals surface area (Å²) in [6.07, 6.45) is 2.42. The number of halogens is 2. The van der Waals surface area contributed by atoms with Gasteiger partial charge in [0.05, 0.1) is 25.8 Å². The molecule has 0 aliphatic heterocycles. The Kier molecular flexibility index (Phi) is 8.67. The van der Waals surface area contributed by atoms with E-state index in [9.17, 15) is 23.7 Å². The van der Waals surface area contributed by atoms with Crippen LogP contribution in [0, 0.1) is 21.7 Å². The standard InChI is InChI=1S/C23H22F2N8O6/c1-37-19-9-15-18(27-12-28-22(15)30-14-2-3-16(24)17(25)8-14)10-20(19)39-7-6-38-5-4-26-21(34)11-32-13-29-23(31-32)33(35)36/h2-3,8-10,12-13H,4-7,11H2,1H3,(H,26,34)(H,27,28,30). The lowest BCUT2D eigenvalue weighted by molar-refractivity contribution is -0.394. The van der Waals surface area contributed by atoms with Crippen LogP contribution < -0.4 is 20.1 Å². The largest absolute Gasteiger partial charge is 0.493 e. The quantitative estimate of drug-likeness (QED) is 0.144. The number of nitro groups is 1. The van der Waals surface area contributed by atoms with E-state index in [0.717, 1.165) is 23.1 Å². The van der Waals surface area contributed by atoms with Gasteiger partial charge < -0.3 is 35.0 Å². The molecule has 39 heavy (non-hydrogen) atoms. The molecule has 0 spiro atoms. The molecule has 14 nitrogen and oxygen atoms in total. The lowest BCUT2D eigenvalue weighted by Gasteiger charge is -2.14. The first-order valence-corrected chi connectivity index (χ1v) is 11.4. The fourth-order valence-corrected chi connectivity index (χ4v) is 3.37. The first kappa shape index (κ1) is 27.1. The molecular formula is C23H22F2N8O6. The molecule has 4 aromatic rings. The summed E-state index contributed by atoms with van der Waals surface area (Å²) in [4.78, 5) is 33.6. The molecule has 16 heteroatoms. The molecule has 2 N–H and O–H groups in total. The van der Waals surface area contributed by atoms with E-state index in [2.05, 4.69) is 30.7 Å². The van der Waals surface area contributed by atoms with Gasteiger partial charge >= 0.3 is 5.95 Å². The highest BCUT2D eigenvalue weighted by atomic mass is 19.2. The van der Waals surface area contributed by atoms with E-state index in [1.165, 1.54) is 19.5 Å². The first-order chi connectivity index (χ1) is 18.8. The number of methoxy groups -OCH3 is 1. The van der Waals surface area contributed by atoms with Crippen molar-refractivity contribution >= 4 is 34.3 Å². The van der Waals surface area contributed by atoms with E-state index in [-0.39, 0.29) is 32.9 Å². The molecule has 204 valence electrons. The average molecular weight is 544 g/mol. The summed E-state index contributed by atoms with van der Waals surface area (Å²) in [5, 5.41) is 20.3. The van der Waals surface area contributed by atoms with Crippen LogP contribution in [0.3, 0.4) is 0 Å². The van der Waals surface area contributed by atoms with Crippen LogP contribution in [0.2, 0.25) is 0 Å². The third kappa shape index (κ3) is 7.07. The van der Waals surface area contributed by atoms with Crippen molar-refractivity contribution < 1.29 is 32.7 Å². The Bertz CT molecular complexity index is 1480. The van der Waals surface area contributed by atoms with Crippen molar-refractivity contribution in [2.24, 2.45) is 0 Å². The lowest BCUT2D eigenvalue weighted by Crippen LogP contribution is -2.31. The van der Waals surface area contributed by atoms with Crippen LogP contribution in [0.5, 0.6) is 11.5 Å². The number of amides is 1. The van der Waals surface area contributed by atoms with Crippen molar-refractivity contribution in [3.8, 4) is 11.5 Å². The SMILES string of the molecule is COc1cc2c(Nc3ccc(F)c(F)c3)ncnc2cc1OCCOCCNC(=O)Cn1cnc([N+](=O)[O-])n1. The maximum atomic E-state index is 13.6. The first-order valence-electron chi connectivity index (χ1n) is 11.4. The van der Waals surface area contributed by atoms with Gasteiger partial charge in [0.1, 0.15) is 25.3 Å². The van der Waals surface area contributed by atoms with Crippen molar-refractivity contribution in [2.75, 3.05) is 38.8 Å². The molecule has 1 amide bonds. The number of aromatic nitrogens is 5. The third-order valence-electron chi connectivity index (χ3n) is 5.15. The van der Waals surface area contributed by atoms with Crippen LogP contribution in [0.1, 0.15) is 0 Å². The van der Waals surface area contributed by atoms with E-state index in [4.69, 9.17) is 14.2 Å². The fraction of sp³-hybridized carbons (Fsp3) is 0.261. The van der Waals surface area contributed by atoms with Gasteiger partial charge in [-0.05, 0) is 23.1 Å². The van der Waals surface area contributed by atoms with Gasteiger partial charge in [-0.25, -0.2) is 18.7 Å². The molecule has 0 saturated carbocycles. The molecule has 0 unspecified atom stereocenters. The predicted molar refractivity (Wildman–Crippen MR) is 132 cm³/mol. The topological polar surface area (TPSA) is 168 Å². The molecule has 0 saturated heterocycles. The molecule has 2 heterocycles. The Balaban J connectivity index is 1.25. The number of ether oxygens (including phenoxy) is 3. The van der Waals surface area contributed by atoms with Crippen LogP contribution in [0.4, 0.5) is 26.2 Å². The zero-order valence-corrected chi connectivity index (χ0v) is 20.5. The highest BCUT2D eigenvalue weighted by Gasteiger charge is 2.15. The zero-order chi connectivity index (χ0) is 27.8. The maximum absolute atomic E-state index is 13.6. The minimum absolute atomic E-state index is 0.170. The van der Waals surface area contributed by atoms with Gasteiger partial charge in [-0.1, -0.05) is 4.98 Å². The van der Waals surface area contributed by atoms with E-state index < -0.39 is 28.4 Å². The van der Waals surface area contributed by atoms with Crippen molar-refractivity contribution in [1.29, 1.82) is 0 Å². The van der Waals surface area contributed by atoms with Gasteiger partial charge in [0.25, 0.3) is 0 Å². The lowest BCUT2D eigenvalue weighted by atomic mass is 10.2. The fourth-order valence-electron chi connectivity index (χ4n) is 3.37. The minimum Gasteiger partial charge on any atom is -0.493 e. The summed E-state index contributed by atoms with van der Waals surface area (Å²) < 4.78 is 44.5. The van der Waals surface area contributed by atoms with E-state index in [0.29, 0.717) is 33.9 Å². The number of benzene rings is 2. The predicted octanol–water partition coefficient (Wildman–Crippen LogP) is 2.37. The van der Waals surface area contributed by atoms with Crippen molar-refractivity contribution in [1.82, 2.24) is 30.0 Å². The highest BCUT2D eigenvalue weighted by molar-refractivity contribution is 5.93. The van der Waals surface area contributed by atoms with Gasteiger partial charge in [0.15, 0.2) is 23.1 Å². The van der Waals surface area contributed by atoms with Crippen LogP contribution in [-0.2, 0) is 16.1 Å². The normalized spacial score (nSPS) is 10.8. The molecule has 0 aliphatic rings. The molecule has 0 fully saturated rings. The smallest absolute Gasteiger partial charge is 0.490 e. The highest BCUT2D eigenvalue weighted by Crippen LogP contribution is 2.34. The van der Waals surface area contributed by atoms with Gasteiger partial charge in [-0.15, -0.1) is 0 Å². The Morgan fingerprint density at radius 1 is 1.08 bits per heavy atom. The van der Waals surface area contributed by atoms with Crippen LogP contribution in [0.15, 0.2) is 43.0 Å². The van der Waals surface area contributed by atoms with E-state index >= 15 is 0 Å². The van der Waals surface area contributed by atoms with Crippen molar-refractivity contribution in [3.63, 3.8) is 0 Å². The second kappa shape index (κ2) is 12.5. The molecule has 2 aromatic heterocycles. The summed E-state index contributed by atoms with van der Waals surface area (Å²) in [5.41, 5.74) is 0.830. The second-order valence-electron chi connectivity index (χ2n) is 7.81. The number of hydrogen-bond acceptors (Lipinski definition) is 11. The maximum Gasteiger partial charge on any atom is 0.490 e. The number of hydrogen-bond donors (Lipinski definition) is 2. The number of nitrogens with zero attached hydrogens (tertiary/aromatic N) is 6. The molecule has 2 aromatic carbocycles. The third-order valence-corrected chi connectivity index (χ3v) is 5.15. The van der Waals surface area contributed by atoms with Crippen LogP contribution >= 0.6 is 0 Å². The summed E-state index contributed by atoms with van der Waals surface area (Å²) in [6.45, 7) is 0.572. The Labute approximate surface area is 219 Å². The molecular weight excluding hydrogens is 522 g/mol. The second-order valence-corrected chi connectivity index (χ2v) is 7.81.